The average molecular weight is 374 g/mol. The molecule has 1 unspecified atom stereocenters. The number of likely N-dealkylation sites (tertiary alicyclic amines) is 1. The molecule has 0 saturated carbocycles. The molecule has 1 atom stereocenters. The first-order valence-electron chi connectivity index (χ1n) is 8.14. The number of benzene rings is 1. The molecule has 0 bridgehead atoms. The summed E-state index contributed by atoms with van der Waals surface area (Å²) < 4.78 is 2.27. The lowest BCUT2D eigenvalue weighted by Crippen LogP contribution is -2.42. The zero-order chi connectivity index (χ0) is 17.4. The van der Waals surface area contributed by atoms with Crippen LogP contribution in [0.2, 0.25) is 4.34 Å². The third-order valence-corrected chi connectivity index (χ3v) is 5.77. The molecule has 0 radical (unpaired) electrons. The van der Waals surface area contributed by atoms with Crippen molar-refractivity contribution in [3.05, 3.63) is 62.3 Å². The first-order chi connectivity index (χ1) is 12.1. The van der Waals surface area contributed by atoms with E-state index in [-0.39, 0.29) is 17.5 Å². The third kappa shape index (κ3) is 3.07. The predicted molar refractivity (Wildman–Crippen MR) is 99.5 cm³/mol. The Labute approximate surface area is 153 Å². The lowest BCUT2D eigenvalue weighted by atomic mass is 10.0. The second-order valence-electron chi connectivity index (χ2n) is 6.13. The Hall–Kier alpha value is -2.18. The van der Waals surface area contributed by atoms with Gasteiger partial charge in [-0.3, -0.25) is 14.2 Å². The van der Waals surface area contributed by atoms with Gasteiger partial charge < -0.3 is 4.90 Å². The van der Waals surface area contributed by atoms with Crippen molar-refractivity contribution < 1.29 is 4.79 Å². The molecule has 3 aromatic rings. The number of nitrogens with zero attached hydrogens (tertiary/aromatic N) is 3. The number of halogens is 1. The van der Waals surface area contributed by atoms with E-state index in [0.717, 1.165) is 12.8 Å². The number of amides is 1. The van der Waals surface area contributed by atoms with Gasteiger partial charge in [0.05, 0.1) is 32.5 Å². The lowest BCUT2D eigenvalue weighted by Gasteiger charge is -2.33. The molecule has 2 aromatic heterocycles. The van der Waals surface area contributed by atoms with Gasteiger partial charge >= 0.3 is 0 Å². The number of carbonyl (C=O) groups is 1. The molecule has 0 N–H and O–H groups in total. The first kappa shape index (κ1) is 16.3. The highest BCUT2D eigenvalue weighted by molar-refractivity contribution is 7.17. The van der Waals surface area contributed by atoms with Gasteiger partial charge in [0, 0.05) is 13.1 Å². The minimum Gasteiger partial charge on any atom is -0.336 e. The first-order valence-corrected chi connectivity index (χ1v) is 9.33. The van der Waals surface area contributed by atoms with Gasteiger partial charge in [-0.05, 0) is 37.1 Å². The summed E-state index contributed by atoms with van der Waals surface area (Å²) in [5, 5.41) is 0.610. The highest BCUT2D eigenvalue weighted by Gasteiger charge is 2.27. The molecule has 1 aliphatic heterocycles. The summed E-state index contributed by atoms with van der Waals surface area (Å²) in [5.41, 5.74) is 0.643. The molecule has 7 heteroatoms. The maximum absolute atomic E-state index is 12.8. The summed E-state index contributed by atoms with van der Waals surface area (Å²) in [5.74, 6) is -0.0246. The van der Waals surface area contributed by atoms with E-state index in [9.17, 15) is 9.59 Å². The number of para-hydroxylation sites is 1. The molecule has 1 aromatic carbocycles. The van der Waals surface area contributed by atoms with Crippen LogP contribution in [0.4, 0.5) is 0 Å². The quantitative estimate of drug-likeness (QED) is 0.689. The molecule has 128 valence electrons. The zero-order valence-electron chi connectivity index (χ0n) is 13.4. The molecule has 0 spiro atoms. The van der Waals surface area contributed by atoms with Crippen LogP contribution in [0.25, 0.3) is 10.9 Å². The summed E-state index contributed by atoms with van der Waals surface area (Å²) >= 11 is 7.22. The normalized spacial score (nSPS) is 17.8. The third-order valence-electron chi connectivity index (χ3n) is 4.55. The summed E-state index contributed by atoms with van der Waals surface area (Å²) in [7, 11) is 0. The Morgan fingerprint density at radius 3 is 2.88 bits per heavy atom. The van der Waals surface area contributed by atoms with Crippen molar-refractivity contribution in [1.82, 2.24) is 14.5 Å². The van der Waals surface area contributed by atoms with E-state index in [1.807, 2.05) is 18.2 Å². The summed E-state index contributed by atoms with van der Waals surface area (Å²) in [6.45, 7) is 1.20. The number of hydrogen-bond acceptors (Lipinski definition) is 4. The van der Waals surface area contributed by atoms with Crippen LogP contribution in [-0.4, -0.2) is 33.4 Å². The van der Waals surface area contributed by atoms with Gasteiger partial charge in [-0.1, -0.05) is 23.7 Å². The predicted octanol–water partition coefficient (Wildman–Crippen LogP) is 3.59. The molecular weight excluding hydrogens is 358 g/mol. The number of piperidine rings is 1. The zero-order valence-corrected chi connectivity index (χ0v) is 15.0. The molecule has 0 aliphatic carbocycles. The van der Waals surface area contributed by atoms with Crippen LogP contribution < -0.4 is 5.56 Å². The topological polar surface area (TPSA) is 55.2 Å². The van der Waals surface area contributed by atoms with Crippen molar-refractivity contribution in [1.29, 1.82) is 0 Å². The van der Waals surface area contributed by atoms with Gasteiger partial charge in [-0.2, -0.15) is 0 Å². The number of aromatic nitrogens is 2. The maximum atomic E-state index is 12.8. The van der Waals surface area contributed by atoms with Crippen LogP contribution in [0.15, 0.2) is 47.5 Å². The number of carbonyl (C=O) groups excluding carboxylic acids is 1. The van der Waals surface area contributed by atoms with Gasteiger partial charge in [0.2, 0.25) is 0 Å². The highest BCUT2D eigenvalue weighted by atomic mass is 35.5. The van der Waals surface area contributed by atoms with Gasteiger partial charge in [-0.25, -0.2) is 4.98 Å². The Morgan fingerprint density at radius 1 is 1.24 bits per heavy atom. The van der Waals surface area contributed by atoms with E-state index in [4.69, 9.17) is 11.6 Å². The van der Waals surface area contributed by atoms with Gasteiger partial charge in [0.1, 0.15) is 0 Å². The summed E-state index contributed by atoms with van der Waals surface area (Å²) in [6.07, 6.45) is 3.31. The fraction of sp³-hybridized carbons (Fsp3) is 0.278. The Bertz CT molecular complexity index is 997. The van der Waals surface area contributed by atoms with Crippen LogP contribution in [0, 0.1) is 0 Å². The van der Waals surface area contributed by atoms with Gasteiger partial charge in [0.15, 0.2) is 0 Å². The van der Waals surface area contributed by atoms with Crippen LogP contribution in [0.1, 0.15) is 28.6 Å². The maximum Gasteiger partial charge on any atom is 0.264 e. The number of fused-ring (bicyclic) bond motifs is 1. The molecular formula is C18H16ClN3O2S. The minimum atomic E-state index is -0.0576. The van der Waals surface area contributed by atoms with Crippen molar-refractivity contribution >= 4 is 39.7 Å². The molecule has 1 fully saturated rings. The van der Waals surface area contributed by atoms with Crippen LogP contribution in [0.5, 0.6) is 0 Å². The van der Waals surface area contributed by atoms with E-state index in [1.54, 1.807) is 34.0 Å². The van der Waals surface area contributed by atoms with Gasteiger partial charge in [0.25, 0.3) is 11.5 Å². The molecule has 1 aliphatic rings. The van der Waals surface area contributed by atoms with E-state index >= 15 is 0 Å². The Balaban J connectivity index is 1.62. The molecule has 4 rings (SSSR count). The van der Waals surface area contributed by atoms with Crippen LogP contribution in [-0.2, 0) is 0 Å². The monoisotopic (exact) mass is 373 g/mol. The largest absolute Gasteiger partial charge is 0.336 e. The molecule has 1 amide bonds. The van der Waals surface area contributed by atoms with Crippen molar-refractivity contribution in [3.8, 4) is 0 Å². The molecule has 1 saturated heterocycles. The van der Waals surface area contributed by atoms with Crippen molar-refractivity contribution in [3.63, 3.8) is 0 Å². The van der Waals surface area contributed by atoms with Crippen molar-refractivity contribution in [2.75, 3.05) is 13.1 Å². The number of thiophene rings is 1. The van der Waals surface area contributed by atoms with Crippen molar-refractivity contribution in [2.24, 2.45) is 0 Å². The van der Waals surface area contributed by atoms with E-state index < -0.39 is 0 Å². The average Bonchev–Trinajstić information content (AvgIpc) is 3.08. The second kappa shape index (κ2) is 6.61. The molecule has 25 heavy (non-hydrogen) atoms. The Morgan fingerprint density at radius 2 is 2.08 bits per heavy atom. The fourth-order valence-corrected chi connectivity index (χ4v) is 4.31. The van der Waals surface area contributed by atoms with E-state index in [1.165, 1.54) is 11.3 Å². The molecule has 3 heterocycles. The smallest absolute Gasteiger partial charge is 0.264 e. The number of hydrogen-bond donors (Lipinski definition) is 0. The Kier molecular flexibility index (Phi) is 4.31. The van der Waals surface area contributed by atoms with E-state index in [2.05, 4.69) is 4.98 Å². The standard InChI is InChI=1S/C18H16ClN3O2S/c19-16-8-7-15(25-16)18(24)21-9-3-4-12(10-21)22-11-20-14-6-2-1-5-13(14)17(22)23/h1-2,5-8,11-12H,3-4,9-10H2. The highest BCUT2D eigenvalue weighted by Crippen LogP contribution is 2.26. The summed E-state index contributed by atoms with van der Waals surface area (Å²) in [6, 6.07) is 10.8. The molecule has 5 nitrogen and oxygen atoms in total. The second-order valence-corrected chi connectivity index (χ2v) is 7.84. The van der Waals surface area contributed by atoms with Crippen molar-refractivity contribution in [2.45, 2.75) is 18.9 Å². The summed E-state index contributed by atoms with van der Waals surface area (Å²) in [4.78, 5) is 32.3. The van der Waals surface area contributed by atoms with Crippen LogP contribution in [0.3, 0.4) is 0 Å². The SMILES string of the molecule is O=C(c1ccc(Cl)s1)N1CCCC(n2cnc3ccccc3c2=O)C1. The fourth-order valence-electron chi connectivity index (χ4n) is 3.29. The lowest BCUT2D eigenvalue weighted by molar-refractivity contribution is 0.0682. The number of rotatable bonds is 2. The van der Waals surface area contributed by atoms with Gasteiger partial charge in [-0.15, -0.1) is 11.3 Å². The van der Waals surface area contributed by atoms with Crippen LogP contribution >= 0.6 is 22.9 Å². The minimum absolute atomic E-state index is 0.0246. The van der Waals surface area contributed by atoms with E-state index in [0.29, 0.717) is 33.2 Å².